The molecule has 3 aromatic rings. The average molecular weight is 297 g/mol. The number of hydrogen-bond acceptors (Lipinski definition) is 3. The van der Waals surface area contributed by atoms with Crippen LogP contribution in [-0.2, 0) is 13.0 Å². The lowest BCUT2D eigenvalue weighted by molar-refractivity contribution is 0.770. The molecule has 104 valence electrons. The third kappa shape index (κ3) is 2.56. The summed E-state index contributed by atoms with van der Waals surface area (Å²) in [5.74, 6) is 0.742. The number of halogens is 1. The van der Waals surface area contributed by atoms with Gasteiger partial charge in [-0.05, 0) is 29.8 Å². The van der Waals surface area contributed by atoms with Crippen LogP contribution in [0.5, 0.6) is 0 Å². The topological polar surface area (TPSA) is 67.6 Å². The fourth-order valence-corrected chi connectivity index (χ4v) is 2.62. The molecule has 0 radical (unpaired) electrons. The minimum absolute atomic E-state index is 0.265. The maximum atomic E-state index is 8.98. The van der Waals surface area contributed by atoms with E-state index in [-0.39, 0.29) is 6.42 Å². The van der Waals surface area contributed by atoms with Crippen LogP contribution in [0.4, 0.5) is 5.69 Å². The van der Waals surface area contributed by atoms with E-state index < -0.39 is 0 Å². The van der Waals surface area contributed by atoms with Gasteiger partial charge in [0, 0.05) is 10.7 Å². The summed E-state index contributed by atoms with van der Waals surface area (Å²) in [4.78, 5) is 4.52. The summed E-state index contributed by atoms with van der Waals surface area (Å²) in [6, 6.07) is 15.5. The Morgan fingerprint density at radius 2 is 2.05 bits per heavy atom. The van der Waals surface area contributed by atoms with E-state index in [0.29, 0.717) is 17.3 Å². The summed E-state index contributed by atoms with van der Waals surface area (Å²) in [6.07, 6.45) is 0.265. The molecule has 0 aliphatic heterocycles. The largest absolute Gasteiger partial charge is 0.399 e. The number of fused-ring (bicyclic) bond motifs is 1. The highest BCUT2D eigenvalue weighted by Gasteiger charge is 2.12. The lowest BCUT2D eigenvalue weighted by atomic mass is 10.2. The standard InChI is InChI=1S/C16H13ClN4/c17-13-9-12(19)6-5-11(13)10-21-15-4-2-1-3-14(15)20-16(21)7-8-18/h1-6,9H,7,10,19H2. The average Bonchev–Trinajstić information content (AvgIpc) is 2.80. The first-order valence-corrected chi connectivity index (χ1v) is 6.92. The molecule has 21 heavy (non-hydrogen) atoms. The Kier molecular flexibility index (Phi) is 3.51. The summed E-state index contributed by atoms with van der Waals surface area (Å²) in [6.45, 7) is 0.566. The number of nitrogens with two attached hydrogens (primary N) is 1. The van der Waals surface area contributed by atoms with Crippen LogP contribution in [0.15, 0.2) is 42.5 Å². The maximum absolute atomic E-state index is 8.98. The zero-order valence-corrected chi connectivity index (χ0v) is 12.0. The molecule has 0 saturated carbocycles. The van der Waals surface area contributed by atoms with E-state index in [2.05, 4.69) is 11.1 Å². The predicted octanol–water partition coefficient (Wildman–Crippen LogP) is 3.39. The van der Waals surface area contributed by atoms with Gasteiger partial charge >= 0.3 is 0 Å². The van der Waals surface area contributed by atoms with E-state index in [1.165, 1.54) is 0 Å². The van der Waals surface area contributed by atoms with E-state index in [0.717, 1.165) is 22.4 Å². The van der Waals surface area contributed by atoms with Crippen molar-refractivity contribution in [3.8, 4) is 6.07 Å². The molecule has 0 atom stereocenters. The Labute approximate surface area is 127 Å². The fraction of sp³-hybridized carbons (Fsp3) is 0.125. The number of rotatable bonds is 3. The number of aromatic nitrogens is 2. The van der Waals surface area contributed by atoms with Crippen LogP contribution < -0.4 is 5.73 Å². The van der Waals surface area contributed by atoms with Crippen LogP contribution >= 0.6 is 11.6 Å². The van der Waals surface area contributed by atoms with Crippen molar-refractivity contribution in [3.63, 3.8) is 0 Å². The van der Waals surface area contributed by atoms with Crippen molar-refractivity contribution in [2.45, 2.75) is 13.0 Å². The summed E-state index contributed by atoms with van der Waals surface area (Å²) in [5.41, 5.74) is 9.19. The van der Waals surface area contributed by atoms with Gasteiger partial charge in [0.25, 0.3) is 0 Å². The molecule has 0 bridgehead atoms. The molecule has 0 amide bonds. The van der Waals surface area contributed by atoms with Crippen LogP contribution in [0.2, 0.25) is 5.02 Å². The highest BCUT2D eigenvalue weighted by Crippen LogP contribution is 2.23. The first-order valence-electron chi connectivity index (χ1n) is 6.54. The molecular weight excluding hydrogens is 284 g/mol. The summed E-state index contributed by atoms with van der Waals surface area (Å²) < 4.78 is 2.02. The second-order valence-corrected chi connectivity index (χ2v) is 5.20. The number of para-hydroxylation sites is 2. The van der Waals surface area contributed by atoms with Crippen molar-refractivity contribution in [2.75, 3.05) is 5.73 Å². The lowest BCUT2D eigenvalue weighted by Crippen LogP contribution is -2.05. The highest BCUT2D eigenvalue weighted by atomic mass is 35.5. The molecule has 1 aromatic heterocycles. The Morgan fingerprint density at radius 1 is 1.24 bits per heavy atom. The molecule has 0 aliphatic rings. The van der Waals surface area contributed by atoms with Crippen molar-refractivity contribution >= 4 is 28.3 Å². The van der Waals surface area contributed by atoms with E-state index in [4.69, 9.17) is 22.6 Å². The fourth-order valence-electron chi connectivity index (χ4n) is 2.37. The van der Waals surface area contributed by atoms with E-state index in [1.807, 2.05) is 41.0 Å². The zero-order valence-electron chi connectivity index (χ0n) is 11.3. The van der Waals surface area contributed by atoms with Crippen molar-refractivity contribution in [2.24, 2.45) is 0 Å². The smallest absolute Gasteiger partial charge is 0.124 e. The Morgan fingerprint density at radius 3 is 2.81 bits per heavy atom. The van der Waals surface area contributed by atoms with E-state index >= 15 is 0 Å². The molecule has 2 aromatic carbocycles. The summed E-state index contributed by atoms with van der Waals surface area (Å²) in [5, 5.41) is 9.60. The van der Waals surface area contributed by atoms with Gasteiger partial charge in [0.2, 0.25) is 0 Å². The first-order chi connectivity index (χ1) is 10.2. The molecule has 0 saturated heterocycles. The SMILES string of the molecule is N#CCc1nc2ccccc2n1Cc1ccc(N)cc1Cl. The molecule has 3 rings (SSSR count). The molecule has 0 aliphatic carbocycles. The quantitative estimate of drug-likeness (QED) is 0.753. The minimum atomic E-state index is 0.265. The molecule has 0 spiro atoms. The number of hydrogen-bond donors (Lipinski definition) is 1. The summed E-state index contributed by atoms with van der Waals surface area (Å²) in [7, 11) is 0. The van der Waals surface area contributed by atoms with Crippen LogP contribution in [0.1, 0.15) is 11.4 Å². The number of nitrogens with zero attached hydrogens (tertiary/aromatic N) is 3. The Balaban J connectivity index is 2.10. The second-order valence-electron chi connectivity index (χ2n) is 4.79. The van der Waals surface area contributed by atoms with Gasteiger partial charge in [-0.3, -0.25) is 0 Å². The van der Waals surface area contributed by atoms with Gasteiger partial charge in [-0.15, -0.1) is 0 Å². The van der Waals surface area contributed by atoms with Crippen molar-refractivity contribution in [3.05, 3.63) is 58.9 Å². The molecule has 0 unspecified atom stereocenters. The van der Waals surface area contributed by atoms with Gasteiger partial charge in [-0.25, -0.2) is 4.98 Å². The number of nitrogen functional groups attached to an aromatic ring is 1. The maximum Gasteiger partial charge on any atom is 0.124 e. The Bertz CT molecular complexity index is 845. The number of nitriles is 1. The van der Waals surface area contributed by atoms with Gasteiger partial charge in [0.15, 0.2) is 0 Å². The van der Waals surface area contributed by atoms with Gasteiger partial charge in [-0.1, -0.05) is 29.8 Å². The third-order valence-corrected chi connectivity index (χ3v) is 3.73. The van der Waals surface area contributed by atoms with Crippen molar-refractivity contribution in [1.29, 1.82) is 5.26 Å². The van der Waals surface area contributed by atoms with Crippen LogP contribution in [0.3, 0.4) is 0 Å². The first kappa shape index (κ1) is 13.5. The van der Waals surface area contributed by atoms with Gasteiger partial charge in [-0.2, -0.15) is 5.26 Å². The van der Waals surface area contributed by atoms with Crippen LogP contribution in [0.25, 0.3) is 11.0 Å². The minimum Gasteiger partial charge on any atom is -0.399 e. The van der Waals surface area contributed by atoms with E-state index in [1.54, 1.807) is 6.07 Å². The Hall–Kier alpha value is -2.51. The van der Waals surface area contributed by atoms with Gasteiger partial charge < -0.3 is 10.3 Å². The highest BCUT2D eigenvalue weighted by molar-refractivity contribution is 6.31. The molecule has 4 nitrogen and oxygen atoms in total. The second kappa shape index (κ2) is 5.47. The molecular formula is C16H13ClN4. The van der Waals surface area contributed by atoms with Crippen molar-refractivity contribution < 1.29 is 0 Å². The summed E-state index contributed by atoms with van der Waals surface area (Å²) >= 11 is 6.25. The lowest BCUT2D eigenvalue weighted by Gasteiger charge is -2.10. The molecule has 2 N–H and O–H groups in total. The molecule has 0 fully saturated rings. The number of imidazole rings is 1. The molecule has 1 heterocycles. The van der Waals surface area contributed by atoms with Crippen LogP contribution in [0, 0.1) is 11.3 Å². The van der Waals surface area contributed by atoms with Gasteiger partial charge in [0.05, 0.1) is 30.1 Å². The van der Waals surface area contributed by atoms with Crippen molar-refractivity contribution in [1.82, 2.24) is 9.55 Å². The van der Waals surface area contributed by atoms with Gasteiger partial charge in [0.1, 0.15) is 5.82 Å². The monoisotopic (exact) mass is 296 g/mol. The van der Waals surface area contributed by atoms with E-state index in [9.17, 15) is 0 Å². The zero-order chi connectivity index (χ0) is 14.8. The molecule has 5 heteroatoms. The number of anilines is 1. The third-order valence-electron chi connectivity index (χ3n) is 3.38. The predicted molar refractivity (Wildman–Crippen MR) is 84.0 cm³/mol. The number of benzene rings is 2. The van der Waals surface area contributed by atoms with Crippen LogP contribution in [-0.4, -0.2) is 9.55 Å². The normalized spacial score (nSPS) is 10.7.